The van der Waals surface area contributed by atoms with Crippen molar-refractivity contribution in [1.82, 2.24) is 0 Å². The van der Waals surface area contributed by atoms with Gasteiger partial charge in [-0.15, -0.1) is 11.3 Å². The van der Waals surface area contributed by atoms with Gasteiger partial charge in [0.2, 0.25) is 0 Å². The number of carbonyl (C=O) groups is 1. The Bertz CT molecular complexity index is 933. The van der Waals surface area contributed by atoms with Gasteiger partial charge < -0.3 is 19.3 Å². The van der Waals surface area contributed by atoms with Crippen molar-refractivity contribution in [3.05, 3.63) is 76.5 Å². The third-order valence-electron chi connectivity index (χ3n) is 3.89. The number of methoxy groups -OCH3 is 1. The lowest BCUT2D eigenvalue weighted by Crippen LogP contribution is -2.09. The summed E-state index contributed by atoms with van der Waals surface area (Å²) < 4.78 is 16.8. The molecular formula is C22H20O5S. The van der Waals surface area contributed by atoms with Crippen LogP contribution in [0.5, 0.6) is 17.2 Å². The van der Waals surface area contributed by atoms with Crippen LogP contribution in [0.25, 0.3) is 11.6 Å². The molecule has 0 aliphatic rings. The standard InChI is InChI=1S/C22H20O5S/c1-25-18-10-9-16(14-19(22(23)24)21-8-5-13-28-21)20(15-18)27-12-11-26-17-6-3-2-4-7-17/h2-10,13-15H,11-12H2,1H3,(H,23,24)/b19-14-. The number of ether oxygens (including phenoxy) is 3. The Balaban J connectivity index is 1.77. The lowest BCUT2D eigenvalue weighted by molar-refractivity contribution is -0.130. The molecule has 144 valence electrons. The zero-order chi connectivity index (χ0) is 19.8. The van der Waals surface area contributed by atoms with E-state index in [1.165, 1.54) is 11.3 Å². The summed E-state index contributed by atoms with van der Waals surface area (Å²) in [5, 5.41) is 11.4. The molecule has 6 heteroatoms. The largest absolute Gasteiger partial charge is 0.497 e. The number of aliphatic carboxylic acids is 1. The van der Waals surface area contributed by atoms with Crippen LogP contribution in [0.2, 0.25) is 0 Å². The molecule has 2 aromatic carbocycles. The molecule has 0 aliphatic heterocycles. The van der Waals surface area contributed by atoms with Gasteiger partial charge in [0.25, 0.3) is 0 Å². The van der Waals surface area contributed by atoms with Crippen LogP contribution in [0.15, 0.2) is 66.0 Å². The van der Waals surface area contributed by atoms with Gasteiger partial charge >= 0.3 is 5.97 Å². The van der Waals surface area contributed by atoms with Crippen molar-refractivity contribution in [3.8, 4) is 17.2 Å². The van der Waals surface area contributed by atoms with E-state index in [9.17, 15) is 9.90 Å². The second-order valence-corrected chi connectivity index (χ2v) is 6.70. The maximum absolute atomic E-state index is 11.7. The van der Waals surface area contributed by atoms with E-state index in [-0.39, 0.29) is 5.57 Å². The van der Waals surface area contributed by atoms with Gasteiger partial charge in [-0.05, 0) is 41.8 Å². The minimum atomic E-state index is -0.989. The molecule has 3 rings (SSSR count). The van der Waals surface area contributed by atoms with Crippen molar-refractivity contribution in [2.24, 2.45) is 0 Å². The Hall–Kier alpha value is -3.25. The lowest BCUT2D eigenvalue weighted by atomic mass is 10.1. The Morgan fingerprint density at radius 2 is 1.79 bits per heavy atom. The summed E-state index contributed by atoms with van der Waals surface area (Å²) in [6, 6.07) is 18.4. The number of hydrogen-bond donors (Lipinski definition) is 1. The zero-order valence-electron chi connectivity index (χ0n) is 15.3. The number of para-hydroxylation sites is 1. The summed E-state index contributed by atoms with van der Waals surface area (Å²) in [5.41, 5.74) is 0.872. The molecule has 0 radical (unpaired) electrons. The highest BCUT2D eigenvalue weighted by atomic mass is 32.1. The van der Waals surface area contributed by atoms with Gasteiger partial charge in [0.1, 0.15) is 30.5 Å². The predicted molar refractivity (Wildman–Crippen MR) is 110 cm³/mol. The van der Waals surface area contributed by atoms with Crippen LogP contribution in [-0.2, 0) is 4.79 Å². The molecule has 1 heterocycles. The molecule has 5 nitrogen and oxygen atoms in total. The van der Waals surface area contributed by atoms with E-state index < -0.39 is 5.97 Å². The average molecular weight is 396 g/mol. The molecule has 0 atom stereocenters. The molecule has 1 aromatic heterocycles. The van der Waals surface area contributed by atoms with Crippen LogP contribution in [0.4, 0.5) is 0 Å². The molecule has 0 amide bonds. The number of benzene rings is 2. The van der Waals surface area contributed by atoms with E-state index in [1.54, 1.807) is 37.5 Å². The third-order valence-corrected chi connectivity index (χ3v) is 4.79. The molecule has 0 unspecified atom stereocenters. The van der Waals surface area contributed by atoms with Gasteiger partial charge in [0.05, 0.1) is 12.7 Å². The first-order valence-electron chi connectivity index (χ1n) is 8.65. The Kier molecular flexibility index (Phi) is 6.70. The highest BCUT2D eigenvalue weighted by Crippen LogP contribution is 2.30. The topological polar surface area (TPSA) is 65.0 Å². The third kappa shape index (κ3) is 5.14. The molecule has 0 saturated heterocycles. The molecule has 0 aliphatic carbocycles. The van der Waals surface area contributed by atoms with Crippen LogP contribution in [0.3, 0.4) is 0 Å². The lowest BCUT2D eigenvalue weighted by Gasteiger charge is -2.12. The summed E-state index contributed by atoms with van der Waals surface area (Å²) in [6.45, 7) is 0.672. The quantitative estimate of drug-likeness (QED) is 0.414. The number of rotatable bonds is 9. The second kappa shape index (κ2) is 9.62. The first kappa shape index (κ1) is 19.5. The number of hydrogen-bond acceptors (Lipinski definition) is 5. The SMILES string of the molecule is COc1ccc(/C=C(\C(=O)O)c2cccs2)c(OCCOc2ccccc2)c1. The highest BCUT2D eigenvalue weighted by molar-refractivity contribution is 7.11. The average Bonchev–Trinajstić information content (AvgIpc) is 3.25. The van der Waals surface area contributed by atoms with Crippen molar-refractivity contribution in [3.63, 3.8) is 0 Å². The summed E-state index contributed by atoms with van der Waals surface area (Å²) in [5.74, 6) is 0.940. The molecule has 1 N–H and O–H groups in total. The molecule has 0 saturated carbocycles. The van der Waals surface area contributed by atoms with Crippen molar-refractivity contribution < 1.29 is 24.1 Å². The Morgan fingerprint density at radius 3 is 2.46 bits per heavy atom. The van der Waals surface area contributed by atoms with E-state index in [4.69, 9.17) is 14.2 Å². The number of thiophene rings is 1. The summed E-state index contributed by atoms with van der Waals surface area (Å²) >= 11 is 1.38. The first-order chi connectivity index (χ1) is 13.7. The number of carboxylic acids is 1. The molecule has 28 heavy (non-hydrogen) atoms. The van der Waals surface area contributed by atoms with E-state index in [0.29, 0.717) is 35.2 Å². The van der Waals surface area contributed by atoms with Crippen LogP contribution in [0.1, 0.15) is 10.4 Å². The minimum absolute atomic E-state index is 0.213. The zero-order valence-corrected chi connectivity index (χ0v) is 16.1. The van der Waals surface area contributed by atoms with Gasteiger partial charge in [0.15, 0.2) is 0 Å². The maximum Gasteiger partial charge on any atom is 0.337 e. The van der Waals surface area contributed by atoms with Gasteiger partial charge in [-0.2, -0.15) is 0 Å². The molecule has 0 spiro atoms. The van der Waals surface area contributed by atoms with Crippen LogP contribution < -0.4 is 14.2 Å². The van der Waals surface area contributed by atoms with E-state index >= 15 is 0 Å². The minimum Gasteiger partial charge on any atom is -0.497 e. The smallest absolute Gasteiger partial charge is 0.337 e. The van der Waals surface area contributed by atoms with E-state index in [0.717, 1.165) is 5.75 Å². The monoisotopic (exact) mass is 396 g/mol. The summed E-state index contributed by atoms with van der Waals surface area (Å²) in [7, 11) is 1.57. The van der Waals surface area contributed by atoms with Gasteiger partial charge in [-0.3, -0.25) is 0 Å². The Morgan fingerprint density at radius 1 is 1.00 bits per heavy atom. The second-order valence-electron chi connectivity index (χ2n) is 5.75. The highest BCUT2D eigenvalue weighted by Gasteiger charge is 2.14. The van der Waals surface area contributed by atoms with Gasteiger partial charge in [-0.1, -0.05) is 24.3 Å². The maximum atomic E-state index is 11.7. The van der Waals surface area contributed by atoms with Gasteiger partial charge in [-0.25, -0.2) is 4.79 Å². The van der Waals surface area contributed by atoms with E-state index in [1.807, 2.05) is 41.8 Å². The van der Waals surface area contributed by atoms with E-state index in [2.05, 4.69) is 0 Å². The molecule has 0 bridgehead atoms. The molecule has 0 fully saturated rings. The van der Waals surface area contributed by atoms with Gasteiger partial charge in [0, 0.05) is 16.5 Å². The van der Waals surface area contributed by atoms with Crippen molar-refractivity contribution in [2.75, 3.05) is 20.3 Å². The normalized spacial score (nSPS) is 11.1. The van der Waals surface area contributed by atoms with Crippen LogP contribution >= 0.6 is 11.3 Å². The fourth-order valence-electron chi connectivity index (χ4n) is 2.54. The summed E-state index contributed by atoms with van der Waals surface area (Å²) in [6.07, 6.45) is 1.61. The predicted octanol–water partition coefficient (Wildman–Crippen LogP) is 4.84. The molecular weight excluding hydrogens is 376 g/mol. The van der Waals surface area contributed by atoms with Crippen LogP contribution in [0, 0.1) is 0 Å². The fourth-order valence-corrected chi connectivity index (χ4v) is 3.27. The number of carboxylic acid groups (broad SMARTS) is 1. The van der Waals surface area contributed by atoms with Crippen molar-refractivity contribution in [1.29, 1.82) is 0 Å². The van der Waals surface area contributed by atoms with Crippen LogP contribution in [-0.4, -0.2) is 31.4 Å². The fraction of sp³-hybridized carbons (Fsp3) is 0.136. The van der Waals surface area contributed by atoms with Crippen molar-refractivity contribution in [2.45, 2.75) is 0 Å². The van der Waals surface area contributed by atoms with Crippen molar-refractivity contribution >= 4 is 29.0 Å². The Labute approximate surface area is 167 Å². The first-order valence-corrected chi connectivity index (χ1v) is 9.53. The summed E-state index contributed by atoms with van der Waals surface area (Å²) in [4.78, 5) is 12.4. The molecule has 3 aromatic rings.